The number of sulfonamides is 1. The molecule has 1 heterocycles. The zero-order valence-electron chi connectivity index (χ0n) is 9.24. The molecular weight excluding hydrogens is 315 g/mol. The molecule has 1 aliphatic carbocycles. The van der Waals surface area contributed by atoms with Gasteiger partial charge in [0.25, 0.3) is 0 Å². The molecule has 0 unspecified atom stereocenters. The van der Waals surface area contributed by atoms with E-state index in [2.05, 4.69) is 10.8 Å². The van der Waals surface area contributed by atoms with E-state index in [1.165, 1.54) is 6.07 Å². The molecule has 0 amide bonds. The van der Waals surface area contributed by atoms with Crippen LogP contribution < -0.4 is 4.72 Å². The van der Waals surface area contributed by atoms with Gasteiger partial charge in [-0.1, -0.05) is 36.0 Å². The zero-order valence-corrected chi connectivity index (χ0v) is 12.4. The topological polar surface area (TPSA) is 70.0 Å². The first-order valence-electron chi connectivity index (χ1n) is 5.29. The zero-order chi connectivity index (χ0) is 13.4. The maximum Gasteiger partial charge on any atom is 0.244 e. The summed E-state index contributed by atoms with van der Waals surface area (Å²) >= 11 is 12.6. The van der Waals surface area contributed by atoms with E-state index in [-0.39, 0.29) is 9.23 Å². The van der Waals surface area contributed by atoms with Crippen LogP contribution in [0.4, 0.5) is 0 Å². The molecule has 1 fully saturated rings. The fourth-order valence-corrected chi connectivity index (χ4v) is 5.56. The summed E-state index contributed by atoms with van der Waals surface area (Å²) in [5, 5.41) is 9.17. The van der Waals surface area contributed by atoms with Gasteiger partial charge in [-0.15, -0.1) is 11.3 Å². The first kappa shape index (κ1) is 14.1. The van der Waals surface area contributed by atoms with Crippen molar-refractivity contribution in [3.63, 3.8) is 0 Å². The average molecular weight is 325 g/mol. The quantitative estimate of drug-likeness (QED) is 0.928. The van der Waals surface area contributed by atoms with E-state index in [0.717, 1.165) is 24.2 Å². The molecule has 1 N–H and O–H groups in total. The van der Waals surface area contributed by atoms with Crippen LogP contribution >= 0.6 is 34.5 Å². The third kappa shape index (κ3) is 2.65. The van der Waals surface area contributed by atoms with Gasteiger partial charge in [-0.3, -0.25) is 0 Å². The third-order valence-corrected chi connectivity index (χ3v) is 6.21. The molecule has 8 heteroatoms. The smallest absolute Gasteiger partial charge is 0.207 e. The van der Waals surface area contributed by atoms with E-state index < -0.39 is 15.6 Å². The highest BCUT2D eigenvalue weighted by Crippen LogP contribution is 2.36. The van der Waals surface area contributed by atoms with Crippen molar-refractivity contribution in [2.24, 2.45) is 0 Å². The molecule has 1 aromatic rings. The van der Waals surface area contributed by atoms with Crippen LogP contribution in [0.25, 0.3) is 0 Å². The van der Waals surface area contributed by atoms with Crippen LogP contribution in [0.3, 0.4) is 0 Å². The Hall–Kier alpha value is -0.320. The van der Waals surface area contributed by atoms with Crippen molar-refractivity contribution in [2.45, 2.75) is 36.1 Å². The highest BCUT2D eigenvalue weighted by molar-refractivity contribution is 7.89. The Balaban J connectivity index is 2.33. The van der Waals surface area contributed by atoms with E-state index in [1.54, 1.807) is 0 Å². The van der Waals surface area contributed by atoms with Crippen molar-refractivity contribution >= 4 is 44.6 Å². The molecule has 0 radical (unpaired) electrons. The second-order valence-electron chi connectivity index (χ2n) is 4.19. The first-order valence-corrected chi connectivity index (χ1v) is 8.34. The molecule has 1 aliphatic rings. The van der Waals surface area contributed by atoms with Gasteiger partial charge in [-0.25, -0.2) is 8.42 Å². The van der Waals surface area contributed by atoms with Crippen LogP contribution in [0.1, 0.15) is 25.7 Å². The van der Waals surface area contributed by atoms with Crippen LogP contribution in [0.15, 0.2) is 11.0 Å². The van der Waals surface area contributed by atoms with Crippen molar-refractivity contribution in [2.75, 3.05) is 0 Å². The van der Waals surface area contributed by atoms with E-state index in [1.807, 2.05) is 0 Å². The van der Waals surface area contributed by atoms with Crippen molar-refractivity contribution in [1.82, 2.24) is 4.72 Å². The van der Waals surface area contributed by atoms with Crippen LogP contribution in [0.5, 0.6) is 0 Å². The minimum atomic E-state index is -3.80. The summed E-state index contributed by atoms with van der Waals surface area (Å²) in [6, 6.07) is 3.37. The van der Waals surface area contributed by atoms with Crippen molar-refractivity contribution < 1.29 is 8.42 Å². The second-order valence-corrected chi connectivity index (χ2v) is 8.13. The van der Waals surface area contributed by atoms with Gasteiger partial charge in [-0.05, 0) is 18.9 Å². The summed E-state index contributed by atoms with van der Waals surface area (Å²) in [7, 11) is -3.80. The lowest BCUT2D eigenvalue weighted by Gasteiger charge is -2.21. The standard InChI is InChI=1S/C10H10Cl2N2O2S2/c11-8-5-7(9(12)17-8)18(15,16)14-10(6-13)3-1-2-4-10/h5,14H,1-4H2. The predicted octanol–water partition coefficient (Wildman–Crippen LogP) is 3.17. The summed E-state index contributed by atoms with van der Waals surface area (Å²) in [5.74, 6) is 0. The van der Waals surface area contributed by atoms with Crippen LogP contribution in [0, 0.1) is 11.3 Å². The highest BCUT2D eigenvalue weighted by Gasteiger charge is 2.39. The summed E-state index contributed by atoms with van der Waals surface area (Å²) < 4.78 is 27.3. The summed E-state index contributed by atoms with van der Waals surface area (Å²) in [5.41, 5.74) is -1.00. The third-order valence-electron chi connectivity index (χ3n) is 2.92. The molecule has 1 aromatic heterocycles. The van der Waals surface area contributed by atoms with Gasteiger partial charge in [0.1, 0.15) is 14.8 Å². The molecule has 98 valence electrons. The lowest BCUT2D eigenvalue weighted by atomic mass is 10.0. The number of nitriles is 1. The number of hydrogen-bond donors (Lipinski definition) is 1. The van der Waals surface area contributed by atoms with Crippen molar-refractivity contribution in [3.8, 4) is 6.07 Å². The molecular formula is C10H10Cl2N2O2S2. The van der Waals surface area contributed by atoms with Crippen molar-refractivity contribution in [3.05, 3.63) is 14.7 Å². The Morgan fingerprint density at radius 1 is 1.39 bits per heavy atom. The molecule has 1 saturated carbocycles. The van der Waals surface area contributed by atoms with Gasteiger partial charge in [0.05, 0.1) is 10.4 Å². The fraction of sp³-hybridized carbons (Fsp3) is 0.500. The normalized spacial score (nSPS) is 18.7. The van der Waals surface area contributed by atoms with E-state index >= 15 is 0 Å². The van der Waals surface area contributed by atoms with Crippen LogP contribution in [0.2, 0.25) is 8.67 Å². The van der Waals surface area contributed by atoms with Gasteiger partial charge >= 0.3 is 0 Å². The van der Waals surface area contributed by atoms with Crippen LogP contribution in [-0.2, 0) is 10.0 Å². The molecule has 0 atom stereocenters. The van der Waals surface area contributed by atoms with Gasteiger partial charge in [0.15, 0.2) is 0 Å². The fourth-order valence-electron chi connectivity index (χ4n) is 2.04. The lowest BCUT2D eigenvalue weighted by Crippen LogP contribution is -2.44. The van der Waals surface area contributed by atoms with E-state index in [9.17, 15) is 8.42 Å². The second kappa shape index (κ2) is 4.99. The largest absolute Gasteiger partial charge is 0.244 e. The molecule has 0 saturated heterocycles. The van der Waals surface area contributed by atoms with E-state index in [0.29, 0.717) is 17.2 Å². The highest BCUT2D eigenvalue weighted by atomic mass is 35.5. The molecule has 4 nitrogen and oxygen atoms in total. The van der Waals surface area contributed by atoms with E-state index in [4.69, 9.17) is 28.5 Å². The molecule has 0 aliphatic heterocycles. The number of nitrogens with zero attached hydrogens (tertiary/aromatic N) is 1. The predicted molar refractivity (Wildman–Crippen MR) is 71.5 cm³/mol. The number of nitrogens with one attached hydrogen (secondary N) is 1. The van der Waals surface area contributed by atoms with Crippen molar-refractivity contribution in [1.29, 1.82) is 5.26 Å². The van der Waals surface area contributed by atoms with Gasteiger partial charge in [-0.2, -0.15) is 9.98 Å². The molecule has 0 spiro atoms. The first-order chi connectivity index (χ1) is 8.38. The van der Waals surface area contributed by atoms with Gasteiger partial charge in [0.2, 0.25) is 10.0 Å². The minimum Gasteiger partial charge on any atom is -0.207 e. The lowest BCUT2D eigenvalue weighted by molar-refractivity contribution is 0.485. The SMILES string of the molecule is N#CC1(NS(=O)(=O)c2cc(Cl)sc2Cl)CCCC1. The Labute approximate surface area is 120 Å². The monoisotopic (exact) mass is 324 g/mol. The maximum atomic E-state index is 12.2. The summed E-state index contributed by atoms with van der Waals surface area (Å²) in [6.07, 6.45) is 2.73. The van der Waals surface area contributed by atoms with Gasteiger partial charge < -0.3 is 0 Å². The minimum absolute atomic E-state index is 0.0549. The molecule has 2 rings (SSSR count). The Morgan fingerprint density at radius 3 is 2.44 bits per heavy atom. The molecule has 0 bridgehead atoms. The number of thiophene rings is 1. The average Bonchev–Trinajstić information content (AvgIpc) is 2.86. The number of rotatable bonds is 3. The number of halogens is 2. The molecule has 0 aromatic carbocycles. The Morgan fingerprint density at radius 2 is 2.00 bits per heavy atom. The van der Waals surface area contributed by atoms with Crippen LogP contribution in [-0.4, -0.2) is 14.0 Å². The summed E-state index contributed by atoms with van der Waals surface area (Å²) in [6.45, 7) is 0. The molecule has 18 heavy (non-hydrogen) atoms. The van der Waals surface area contributed by atoms with Gasteiger partial charge in [0, 0.05) is 0 Å². The Kier molecular flexibility index (Phi) is 3.90. The maximum absolute atomic E-state index is 12.2. The summed E-state index contributed by atoms with van der Waals surface area (Å²) in [4.78, 5) is -0.0549. The Bertz CT molecular complexity index is 598. The number of hydrogen-bond acceptors (Lipinski definition) is 4.